The van der Waals surface area contributed by atoms with E-state index in [9.17, 15) is 23.7 Å². The Hall–Kier alpha value is -3.43. The Kier molecular flexibility index (Phi) is 7.37. The molecule has 4 rings (SSSR count). The van der Waals surface area contributed by atoms with Crippen molar-refractivity contribution in [3.8, 4) is 0 Å². The minimum Gasteiger partial charge on any atom is -0.375 e. The van der Waals surface area contributed by atoms with Crippen LogP contribution in [0, 0.1) is 21.7 Å². The Labute approximate surface area is 210 Å². The van der Waals surface area contributed by atoms with Crippen LogP contribution in [0.3, 0.4) is 0 Å². The van der Waals surface area contributed by atoms with E-state index in [1.165, 1.54) is 11.0 Å². The zero-order valence-corrected chi connectivity index (χ0v) is 19.8. The number of hydrogen-bond donors (Lipinski definition) is 1. The second kappa shape index (κ2) is 10.5. The van der Waals surface area contributed by atoms with Crippen LogP contribution in [0.1, 0.15) is 17.2 Å². The molecule has 1 atom stereocenters. The third kappa shape index (κ3) is 5.47. The van der Waals surface area contributed by atoms with Gasteiger partial charge in [0.25, 0.3) is 5.69 Å². The number of nitrogens with one attached hydrogen (secondary N) is 1. The highest BCUT2D eigenvalue weighted by atomic mass is 35.5. The number of hydrogen-bond acceptors (Lipinski definition) is 5. The summed E-state index contributed by atoms with van der Waals surface area (Å²) in [6, 6.07) is 13.0. The van der Waals surface area contributed by atoms with Gasteiger partial charge in [-0.1, -0.05) is 35.3 Å². The average molecular weight is 521 g/mol. The van der Waals surface area contributed by atoms with Gasteiger partial charge in [0.2, 0.25) is 6.41 Å². The van der Waals surface area contributed by atoms with Gasteiger partial charge in [0, 0.05) is 48.0 Å². The van der Waals surface area contributed by atoms with Gasteiger partial charge in [-0.05, 0) is 47.5 Å². The first-order chi connectivity index (χ1) is 16.8. The fourth-order valence-corrected chi connectivity index (χ4v) is 4.45. The molecule has 0 radical (unpaired) electrons. The monoisotopic (exact) mass is 520 g/mol. The van der Waals surface area contributed by atoms with Crippen LogP contribution in [-0.4, -0.2) is 35.9 Å². The summed E-state index contributed by atoms with van der Waals surface area (Å²) in [5.41, 5.74) is 2.08. The molecule has 0 saturated carbocycles. The summed E-state index contributed by atoms with van der Waals surface area (Å²) >= 11 is 12.1. The van der Waals surface area contributed by atoms with Gasteiger partial charge in [-0.3, -0.25) is 14.9 Å². The van der Waals surface area contributed by atoms with E-state index >= 15 is 0 Å². The zero-order valence-electron chi connectivity index (χ0n) is 18.3. The van der Waals surface area contributed by atoms with E-state index in [0.717, 1.165) is 17.7 Å². The summed E-state index contributed by atoms with van der Waals surface area (Å²) in [5, 5.41) is 15.3. The second-order valence-corrected chi connectivity index (χ2v) is 8.88. The Morgan fingerprint density at radius 1 is 1.06 bits per heavy atom. The number of piperazine rings is 1. The van der Waals surface area contributed by atoms with Crippen molar-refractivity contribution in [2.45, 2.75) is 12.6 Å². The molecule has 1 aliphatic heterocycles. The van der Waals surface area contributed by atoms with E-state index in [-0.39, 0.29) is 22.8 Å². The van der Waals surface area contributed by atoms with Crippen molar-refractivity contribution >= 4 is 46.7 Å². The van der Waals surface area contributed by atoms with Crippen LogP contribution in [0.2, 0.25) is 10.0 Å². The molecular formula is C24H20Cl2F2N4O3. The number of carbonyl (C=O) groups excluding carboxylic acids is 1. The van der Waals surface area contributed by atoms with E-state index in [1.807, 2.05) is 17.0 Å². The van der Waals surface area contributed by atoms with Gasteiger partial charge in [0.1, 0.15) is 5.69 Å². The van der Waals surface area contributed by atoms with Gasteiger partial charge in [-0.2, -0.15) is 0 Å². The van der Waals surface area contributed by atoms with Crippen molar-refractivity contribution in [2.24, 2.45) is 0 Å². The standard InChI is InChI=1S/C24H20Cl2F2N4O3/c25-16-3-1-15(2-4-16)12-29-22-9-17(5-6-23(22)32(34)35)30-7-8-31(14-33)24(13-30)18-10-20(27)21(28)11-19(18)26/h1-6,9-11,14,24,29H,7-8,12-13H2. The topological polar surface area (TPSA) is 78.7 Å². The smallest absolute Gasteiger partial charge is 0.292 e. The molecule has 11 heteroatoms. The lowest BCUT2D eigenvalue weighted by atomic mass is 10.0. The number of nitro benzene ring substituents is 1. The van der Waals surface area contributed by atoms with E-state index in [2.05, 4.69) is 5.32 Å². The number of halogens is 4. The van der Waals surface area contributed by atoms with E-state index < -0.39 is 22.6 Å². The molecule has 3 aromatic rings. The molecule has 0 bridgehead atoms. The second-order valence-electron chi connectivity index (χ2n) is 8.03. The summed E-state index contributed by atoms with van der Waals surface area (Å²) in [6.45, 7) is 1.31. The molecule has 1 saturated heterocycles. The maximum absolute atomic E-state index is 14.0. The normalized spacial score (nSPS) is 15.7. The van der Waals surface area contributed by atoms with Crippen molar-refractivity contribution in [3.05, 3.63) is 97.5 Å². The van der Waals surface area contributed by atoms with Crippen LogP contribution < -0.4 is 10.2 Å². The maximum atomic E-state index is 14.0. The van der Waals surface area contributed by atoms with Crippen LogP contribution >= 0.6 is 23.2 Å². The predicted molar refractivity (Wildman–Crippen MR) is 131 cm³/mol. The Morgan fingerprint density at radius 2 is 1.77 bits per heavy atom. The third-order valence-electron chi connectivity index (χ3n) is 5.89. The quantitative estimate of drug-likeness (QED) is 0.184. The summed E-state index contributed by atoms with van der Waals surface area (Å²) in [6.07, 6.45) is 0.647. The third-order valence-corrected chi connectivity index (χ3v) is 6.47. The van der Waals surface area contributed by atoms with Crippen LogP contribution in [0.15, 0.2) is 54.6 Å². The molecule has 7 nitrogen and oxygen atoms in total. The molecule has 35 heavy (non-hydrogen) atoms. The Bertz CT molecular complexity index is 1260. The molecule has 182 valence electrons. The largest absolute Gasteiger partial charge is 0.375 e. The summed E-state index contributed by atoms with van der Waals surface area (Å²) in [4.78, 5) is 26.2. The van der Waals surface area contributed by atoms with Gasteiger partial charge >= 0.3 is 0 Å². The van der Waals surface area contributed by atoms with Gasteiger partial charge in [-0.15, -0.1) is 0 Å². The molecule has 0 aromatic heterocycles. The molecule has 1 amide bonds. The van der Waals surface area contributed by atoms with Crippen molar-refractivity contribution in [1.29, 1.82) is 0 Å². The van der Waals surface area contributed by atoms with Gasteiger partial charge in [0.15, 0.2) is 11.6 Å². The molecule has 1 N–H and O–H groups in total. The summed E-state index contributed by atoms with van der Waals surface area (Å²) in [7, 11) is 0. The van der Waals surface area contributed by atoms with Crippen molar-refractivity contribution in [2.75, 3.05) is 29.9 Å². The van der Waals surface area contributed by atoms with Crippen LogP contribution in [-0.2, 0) is 11.3 Å². The number of anilines is 2. The highest BCUT2D eigenvalue weighted by molar-refractivity contribution is 6.31. The zero-order chi connectivity index (χ0) is 25.1. The molecule has 1 fully saturated rings. The molecule has 1 unspecified atom stereocenters. The Balaban J connectivity index is 1.61. The summed E-state index contributed by atoms with van der Waals surface area (Å²) < 4.78 is 27.5. The number of benzene rings is 3. The van der Waals surface area contributed by atoms with Crippen LogP contribution in [0.25, 0.3) is 0 Å². The molecule has 3 aromatic carbocycles. The Morgan fingerprint density at radius 3 is 2.46 bits per heavy atom. The van der Waals surface area contributed by atoms with E-state index in [0.29, 0.717) is 42.4 Å². The van der Waals surface area contributed by atoms with Gasteiger partial charge in [-0.25, -0.2) is 8.78 Å². The SMILES string of the molecule is O=CN1CCN(c2ccc([N+](=O)[O-])c(NCc3ccc(Cl)cc3)c2)CC1c1cc(F)c(F)cc1Cl. The highest BCUT2D eigenvalue weighted by Gasteiger charge is 2.30. The van der Waals surface area contributed by atoms with Crippen molar-refractivity contribution in [1.82, 2.24) is 4.90 Å². The lowest BCUT2D eigenvalue weighted by Gasteiger charge is -2.41. The number of carbonyl (C=O) groups is 1. The number of amides is 1. The van der Waals surface area contributed by atoms with Crippen LogP contribution in [0.5, 0.6) is 0 Å². The maximum Gasteiger partial charge on any atom is 0.292 e. The lowest BCUT2D eigenvalue weighted by Crippen LogP contribution is -2.48. The first-order valence-corrected chi connectivity index (χ1v) is 11.4. The molecule has 1 heterocycles. The molecule has 0 aliphatic carbocycles. The summed E-state index contributed by atoms with van der Waals surface area (Å²) in [5.74, 6) is -2.13. The predicted octanol–water partition coefficient (Wildman–Crippen LogP) is 5.81. The number of rotatable bonds is 7. The van der Waals surface area contributed by atoms with E-state index in [1.54, 1.807) is 24.3 Å². The number of nitrogens with zero attached hydrogens (tertiary/aromatic N) is 3. The number of nitro groups is 1. The average Bonchev–Trinajstić information content (AvgIpc) is 2.85. The van der Waals surface area contributed by atoms with Crippen LogP contribution in [0.4, 0.5) is 25.8 Å². The van der Waals surface area contributed by atoms with Crippen molar-refractivity contribution in [3.63, 3.8) is 0 Å². The first kappa shape index (κ1) is 24.7. The van der Waals surface area contributed by atoms with Gasteiger partial charge < -0.3 is 15.1 Å². The molecule has 1 aliphatic rings. The van der Waals surface area contributed by atoms with Gasteiger partial charge in [0.05, 0.1) is 11.0 Å². The fourth-order valence-electron chi connectivity index (χ4n) is 4.05. The highest BCUT2D eigenvalue weighted by Crippen LogP contribution is 2.35. The van der Waals surface area contributed by atoms with Crippen molar-refractivity contribution < 1.29 is 18.5 Å². The minimum atomic E-state index is -1.07. The first-order valence-electron chi connectivity index (χ1n) is 10.6. The minimum absolute atomic E-state index is 0.0108. The fraction of sp³-hybridized carbons (Fsp3) is 0.208. The molecular weight excluding hydrogens is 501 g/mol. The molecule has 0 spiro atoms. The van der Waals surface area contributed by atoms with E-state index in [4.69, 9.17) is 23.2 Å². The lowest BCUT2D eigenvalue weighted by molar-refractivity contribution is -0.384.